The van der Waals surface area contributed by atoms with E-state index in [1.54, 1.807) is 13.8 Å². The maximum atomic E-state index is 11.9. The molecule has 0 aromatic carbocycles. The topological polar surface area (TPSA) is 55.8 Å². The van der Waals surface area contributed by atoms with Crippen LogP contribution in [0.25, 0.3) is 0 Å². The summed E-state index contributed by atoms with van der Waals surface area (Å²) in [6, 6.07) is 0. The second kappa shape index (κ2) is 5.95. The zero-order chi connectivity index (χ0) is 13.9. The standard InChI is InChI=1S/C15H24O4/c1-3-18-14(16)15(17)10-13(9-11(2)19-15)12-7-5-4-6-8-12/h9,12-13,17H,3-8,10H2,1-2H3. The van der Waals surface area contributed by atoms with Gasteiger partial charge < -0.3 is 14.6 Å². The summed E-state index contributed by atoms with van der Waals surface area (Å²) >= 11 is 0. The van der Waals surface area contributed by atoms with Gasteiger partial charge in [0.2, 0.25) is 0 Å². The van der Waals surface area contributed by atoms with E-state index in [1.807, 2.05) is 0 Å². The van der Waals surface area contributed by atoms with Crippen LogP contribution in [0.2, 0.25) is 0 Å². The van der Waals surface area contributed by atoms with E-state index >= 15 is 0 Å². The van der Waals surface area contributed by atoms with Crippen LogP contribution in [0.4, 0.5) is 0 Å². The first-order chi connectivity index (χ1) is 9.05. The summed E-state index contributed by atoms with van der Waals surface area (Å²) in [5, 5.41) is 10.4. The number of hydrogen-bond acceptors (Lipinski definition) is 4. The van der Waals surface area contributed by atoms with E-state index < -0.39 is 11.8 Å². The Labute approximate surface area is 114 Å². The fraction of sp³-hybridized carbons (Fsp3) is 0.800. The lowest BCUT2D eigenvalue weighted by molar-refractivity contribution is -0.225. The Balaban J connectivity index is 2.09. The smallest absolute Gasteiger partial charge is 0.379 e. The van der Waals surface area contributed by atoms with Gasteiger partial charge in [0.1, 0.15) is 0 Å². The average Bonchev–Trinajstić information content (AvgIpc) is 2.39. The first-order valence-corrected chi connectivity index (χ1v) is 7.32. The summed E-state index contributed by atoms with van der Waals surface area (Å²) in [5.74, 6) is -1.07. The third-order valence-corrected chi connectivity index (χ3v) is 4.14. The first-order valence-electron chi connectivity index (χ1n) is 7.32. The number of allylic oxidation sites excluding steroid dienone is 2. The highest BCUT2D eigenvalue weighted by Crippen LogP contribution is 2.39. The molecule has 1 aliphatic heterocycles. The first kappa shape index (κ1) is 14.4. The minimum atomic E-state index is -1.79. The largest absolute Gasteiger partial charge is 0.461 e. The van der Waals surface area contributed by atoms with Gasteiger partial charge in [0, 0.05) is 6.42 Å². The zero-order valence-electron chi connectivity index (χ0n) is 11.9. The van der Waals surface area contributed by atoms with Gasteiger partial charge in [-0.2, -0.15) is 0 Å². The molecule has 2 atom stereocenters. The molecule has 4 heteroatoms. The lowest BCUT2D eigenvalue weighted by Crippen LogP contribution is -2.47. The van der Waals surface area contributed by atoms with Crippen molar-refractivity contribution in [2.75, 3.05) is 6.61 Å². The number of hydrogen-bond donors (Lipinski definition) is 1. The van der Waals surface area contributed by atoms with Crippen molar-refractivity contribution in [3.05, 3.63) is 11.8 Å². The van der Waals surface area contributed by atoms with Crippen molar-refractivity contribution < 1.29 is 19.4 Å². The lowest BCUT2D eigenvalue weighted by Gasteiger charge is -2.38. The van der Waals surface area contributed by atoms with Crippen molar-refractivity contribution >= 4 is 5.97 Å². The van der Waals surface area contributed by atoms with Gasteiger partial charge in [-0.05, 0) is 44.6 Å². The third kappa shape index (κ3) is 3.30. The molecular weight excluding hydrogens is 244 g/mol. The molecule has 2 rings (SSSR count). The molecule has 19 heavy (non-hydrogen) atoms. The lowest BCUT2D eigenvalue weighted by atomic mass is 9.76. The minimum Gasteiger partial charge on any atom is -0.461 e. The van der Waals surface area contributed by atoms with Crippen LogP contribution in [0.1, 0.15) is 52.4 Å². The Hall–Kier alpha value is -1.03. The minimum absolute atomic E-state index is 0.212. The molecule has 0 amide bonds. The molecule has 2 unspecified atom stereocenters. The van der Waals surface area contributed by atoms with E-state index in [2.05, 4.69) is 6.08 Å². The van der Waals surface area contributed by atoms with Crippen molar-refractivity contribution in [2.45, 2.75) is 58.2 Å². The molecular formula is C15H24O4. The maximum Gasteiger partial charge on any atom is 0.379 e. The Bertz CT molecular complexity index is 357. The fourth-order valence-electron chi connectivity index (χ4n) is 3.26. The molecule has 0 saturated heterocycles. The van der Waals surface area contributed by atoms with Crippen LogP contribution in [0, 0.1) is 11.8 Å². The van der Waals surface area contributed by atoms with Gasteiger partial charge in [0.15, 0.2) is 0 Å². The number of rotatable bonds is 3. The summed E-state index contributed by atoms with van der Waals surface area (Å²) in [6.45, 7) is 3.77. The van der Waals surface area contributed by atoms with E-state index in [9.17, 15) is 9.90 Å². The van der Waals surface area contributed by atoms with Gasteiger partial charge in [0.05, 0.1) is 12.4 Å². The highest BCUT2D eigenvalue weighted by Gasteiger charge is 2.46. The molecule has 1 aliphatic carbocycles. The second-order valence-electron chi connectivity index (χ2n) is 5.65. The van der Waals surface area contributed by atoms with Gasteiger partial charge in [-0.1, -0.05) is 19.3 Å². The zero-order valence-corrected chi connectivity index (χ0v) is 11.9. The van der Waals surface area contributed by atoms with E-state index in [0.29, 0.717) is 18.1 Å². The number of esters is 1. The predicted octanol–water partition coefficient (Wildman–Crippen LogP) is 2.76. The van der Waals surface area contributed by atoms with Crippen LogP contribution in [-0.4, -0.2) is 23.5 Å². The highest BCUT2D eigenvalue weighted by atomic mass is 16.7. The summed E-state index contributed by atoms with van der Waals surface area (Å²) < 4.78 is 10.3. The highest BCUT2D eigenvalue weighted by molar-refractivity contribution is 5.78. The monoisotopic (exact) mass is 268 g/mol. The van der Waals surface area contributed by atoms with E-state index in [1.165, 1.54) is 32.1 Å². The molecule has 4 nitrogen and oxygen atoms in total. The van der Waals surface area contributed by atoms with Crippen LogP contribution >= 0.6 is 0 Å². The molecule has 1 saturated carbocycles. The van der Waals surface area contributed by atoms with Gasteiger partial charge in [-0.3, -0.25) is 0 Å². The molecule has 1 N–H and O–H groups in total. The Morgan fingerprint density at radius 2 is 2.16 bits per heavy atom. The van der Waals surface area contributed by atoms with E-state index in [0.717, 1.165) is 0 Å². The van der Waals surface area contributed by atoms with Crippen molar-refractivity contribution in [1.29, 1.82) is 0 Å². The molecule has 1 fully saturated rings. The number of carbonyl (C=O) groups excluding carboxylic acids is 1. The summed E-state index contributed by atoms with van der Waals surface area (Å²) in [6.07, 6.45) is 8.50. The molecule has 108 valence electrons. The van der Waals surface area contributed by atoms with Crippen LogP contribution in [0.3, 0.4) is 0 Å². The molecule has 0 bridgehead atoms. The SMILES string of the molecule is CCOC(=O)C1(O)CC(C2CCCCC2)C=C(C)O1. The molecule has 0 spiro atoms. The molecule has 0 aromatic heterocycles. The van der Waals surface area contributed by atoms with Crippen LogP contribution in [0.5, 0.6) is 0 Å². The van der Waals surface area contributed by atoms with Gasteiger partial charge in [-0.25, -0.2) is 4.79 Å². The van der Waals surface area contributed by atoms with E-state index in [-0.39, 0.29) is 12.5 Å². The Morgan fingerprint density at radius 3 is 2.79 bits per heavy atom. The third-order valence-electron chi connectivity index (χ3n) is 4.14. The predicted molar refractivity (Wildman–Crippen MR) is 71.1 cm³/mol. The fourth-order valence-corrected chi connectivity index (χ4v) is 3.26. The summed E-state index contributed by atoms with van der Waals surface area (Å²) in [5.41, 5.74) is 0. The van der Waals surface area contributed by atoms with Crippen LogP contribution < -0.4 is 0 Å². The van der Waals surface area contributed by atoms with Crippen molar-refractivity contribution in [3.8, 4) is 0 Å². The molecule has 1 heterocycles. The maximum absolute atomic E-state index is 11.9. The van der Waals surface area contributed by atoms with Crippen LogP contribution in [0.15, 0.2) is 11.8 Å². The van der Waals surface area contributed by atoms with Crippen molar-refractivity contribution in [3.63, 3.8) is 0 Å². The van der Waals surface area contributed by atoms with Crippen LogP contribution in [-0.2, 0) is 14.3 Å². The number of ether oxygens (including phenoxy) is 2. The number of carbonyl (C=O) groups is 1. The Kier molecular flexibility index (Phi) is 4.50. The molecule has 0 radical (unpaired) electrons. The van der Waals surface area contributed by atoms with Crippen molar-refractivity contribution in [2.24, 2.45) is 11.8 Å². The summed E-state index contributed by atoms with van der Waals surface area (Å²) in [7, 11) is 0. The normalized spacial score (nSPS) is 32.4. The molecule has 0 aromatic rings. The second-order valence-corrected chi connectivity index (χ2v) is 5.65. The van der Waals surface area contributed by atoms with Gasteiger partial charge in [-0.15, -0.1) is 0 Å². The van der Waals surface area contributed by atoms with E-state index in [4.69, 9.17) is 9.47 Å². The average molecular weight is 268 g/mol. The van der Waals surface area contributed by atoms with Gasteiger partial charge in [0.25, 0.3) is 0 Å². The Morgan fingerprint density at radius 1 is 1.47 bits per heavy atom. The molecule has 2 aliphatic rings. The van der Waals surface area contributed by atoms with Gasteiger partial charge >= 0.3 is 11.8 Å². The quantitative estimate of drug-likeness (QED) is 0.800. The van der Waals surface area contributed by atoms with Crippen molar-refractivity contribution in [1.82, 2.24) is 0 Å². The summed E-state index contributed by atoms with van der Waals surface area (Å²) in [4.78, 5) is 11.9. The number of aliphatic hydroxyl groups is 1.